The topological polar surface area (TPSA) is 26.0 Å². The van der Waals surface area contributed by atoms with Gasteiger partial charge in [0.15, 0.2) is 0 Å². The van der Waals surface area contributed by atoms with Crippen molar-refractivity contribution in [2.45, 2.75) is 18.4 Å². The van der Waals surface area contributed by atoms with Crippen LogP contribution in [0.3, 0.4) is 0 Å². The summed E-state index contributed by atoms with van der Waals surface area (Å²) in [7, 11) is 0. The standard InChI is InChI=1S/C9H10IN/c10-7-3-1-6(2-4-7)8-5-9(8)11/h1-4,8-9H,5,11H2. The van der Waals surface area contributed by atoms with Crippen LogP contribution < -0.4 is 5.73 Å². The Hall–Kier alpha value is -0.0900. The summed E-state index contributed by atoms with van der Waals surface area (Å²) in [5, 5.41) is 0. The molecule has 0 amide bonds. The van der Waals surface area contributed by atoms with Crippen LogP contribution in [0.15, 0.2) is 24.3 Å². The van der Waals surface area contributed by atoms with Crippen LogP contribution in [0.4, 0.5) is 0 Å². The Balaban J connectivity index is 2.21. The minimum atomic E-state index is 0.426. The van der Waals surface area contributed by atoms with Crippen molar-refractivity contribution in [1.82, 2.24) is 0 Å². The smallest absolute Gasteiger partial charge is 0.0130 e. The van der Waals surface area contributed by atoms with Gasteiger partial charge in [-0.05, 0) is 46.7 Å². The lowest BCUT2D eigenvalue weighted by Crippen LogP contribution is -2.00. The van der Waals surface area contributed by atoms with E-state index in [1.54, 1.807) is 0 Å². The van der Waals surface area contributed by atoms with E-state index in [0.29, 0.717) is 12.0 Å². The van der Waals surface area contributed by atoms with Crippen molar-refractivity contribution in [2.24, 2.45) is 5.73 Å². The zero-order chi connectivity index (χ0) is 7.84. The molecule has 1 aliphatic rings. The first-order valence-corrected chi connectivity index (χ1v) is 4.86. The van der Waals surface area contributed by atoms with Gasteiger partial charge < -0.3 is 5.73 Å². The van der Waals surface area contributed by atoms with Crippen LogP contribution >= 0.6 is 22.6 Å². The van der Waals surface area contributed by atoms with E-state index in [1.165, 1.54) is 15.6 Å². The van der Waals surface area contributed by atoms with Crippen LogP contribution in [0.2, 0.25) is 0 Å². The van der Waals surface area contributed by atoms with Crippen molar-refractivity contribution in [3.63, 3.8) is 0 Å². The molecule has 0 saturated heterocycles. The highest BCUT2D eigenvalue weighted by atomic mass is 127. The van der Waals surface area contributed by atoms with Gasteiger partial charge in [0.2, 0.25) is 0 Å². The van der Waals surface area contributed by atoms with Gasteiger partial charge in [-0.25, -0.2) is 0 Å². The summed E-state index contributed by atoms with van der Waals surface area (Å²) in [6, 6.07) is 9.07. The van der Waals surface area contributed by atoms with Crippen LogP contribution in [0.1, 0.15) is 17.9 Å². The second kappa shape index (κ2) is 2.75. The molecule has 11 heavy (non-hydrogen) atoms. The van der Waals surface area contributed by atoms with Crippen molar-refractivity contribution >= 4 is 22.6 Å². The maximum atomic E-state index is 5.73. The van der Waals surface area contributed by atoms with Crippen molar-refractivity contribution in [3.05, 3.63) is 33.4 Å². The van der Waals surface area contributed by atoms with Crippen molar-refractivity contribution in [2.75, 3.05) is 0 Å². The van der Waals surface area contributed by atoms with E-state index < -0.39 is 0 Å². The molecule has 1 fully saturated rings. The molecule has 2 N–H and O–H groups in total. The van der Waals surface area contributed by atoms with E-state index in [4.69, 9.17) is 5.73 Å². The molecule has 0 bridgehead atoms. The summed E-state index contributed by atoms with van der Waals surface area (Å²) < 4.78 is 1.29. The average Bonchev–Trinajstić information content (AvgIpc) is 2.69. The SMILES string of the molecule is NC1CC1c1ccc(I)cc1. The highest BCUT2D eigenvalue weighted by Gasteiger charge is 2.34. The molecule has 0 spiro atoms. The molecule has 0 radical (unpaired) electrons. The summed E-state index contributed by atoms with van der Waals surface area (Å²) in [6.07, 6.45) is 1.17. The first-order valence-electron chi connectivity index (χ1n) is 3.78. The largest absolute Gasteiger partial charge is 0.327 e. The van der Waals surface area contributed by atoms with Gasteiger partial charge in [0.05, 0.1) is 0 Å². The highest BCUT2D eigenvalue weighted by molar-refractivity contribution is 14.1. The molecule has 1 nitrogen and oxygen atoms in total. The second-order valence-electron chi connectivity index (χ2n) is 3.06. The second-order valence-corrected chi connectivity index (χ2v) is 4.30. The summed E-state index contributed by atoms with van der Waals surface area (Å²) >= 11 is 2.31. The lowest BCUT2D eigenvalue weighted by molar-refractivity contribution is 0.990. The minimum absolute atomic E-state index is 0.426. The third-order valence-electron chi connectivity index (χ3n) is 2.14. The number of benzene rings is 1. The Morgan fingerprint density at radius 2 is 1.82 bits per heavy atom. The predicted molar refractivity (Wildman–Crippen MR) is 54.5 cm³/mol. The van der Waals surface area contributed by atoms with Gasteiger partial charge in [-0.15, -0.1) is 0 Å². The van der Waals surface area contributed by atoms with Crippen LogP contribution in [0, 0.1) is 3.57 Å². The van der Waals surface area contributed by atoms with Gasteiger partial charge >= 0.3 is 0 Å². The molecule has 2 atom stereocenters. The first kappa shape index (κ1) is 7.55. The molecule has 0 aliphatic heterocycles. The monoisotopic (exact) mass is 259 g/mol. The van der Waals surface area contributed by atoms with Crippen molar-refractivity contribution in [3.8, 4) is 0 Å². The van der Waals surface area contributed by atoms with E-state index in [1.807, 2.05) is 0 Å². The van der Waals surface area contributed by atoms with Gasteiger partial charge in [0, 0.05) is 15.5 Å². The van der Waals surface area contributed by atoms with Crippen LogP contribution in [-0.4, -0.2) is 6.04 Å². The molecule has 2 unspecified atom stereocenters. The van der Waals surface area contributed by atoms with Gasteiger partial charge in [-0.1, -0.05) is 12.1 Å². The predicted octanol–water partition coefficient (Wildman–Crippen LogP) is 2.11. The fraction of sp³-hybridized carbons (Fsp3) is 0.333. The maximum absolute atomic E-state index is 5.73. The Kier molecular flexibility index (Phi) is 1.89. The molecule has 1 saturated carbocycles. The average molecular weight is 259 g/mol. The molecule has 2 heteroatoms. The Bertz CT molecular complexity index is 255. The normalized spacial score (nSPS) is 28.5. The molecule has 1 aromatic carbocycles. The lowest BCUT2D eigenvalue weighted by Gasteiger charge is -1.96. The molecule has 0 aromatic heterocycles. The van der Waals surface area contributed by atoms with Gasteiger partial charge in [-0.3, -0.25) is 0 Å². The summed E-state index contributed by atoms with van der Waals surface area (Å²) in [5.74, 6) is 0.645. The van der Waals surface area contributed by atoms with E-state index in [-0.39, 0.29) is 0 Å². The maximum Gasteiger partial charge on any atom is 0.0130 e. The van der Waals surface area contributed by atoms with E-state index >= 15 is 0 Å². The zero-order valence-corrected chi connectivity index (χ0v) is 8.28. The number of halogens is 1. The van der Waals surface area contributed by atoms with Gasteiger partial charge in [0.25, 0.3) is 0 Å². The molecule has 58 valence electrons. The minimum Gasteiger partial charge on any atom is -0.327 e. The summed E-state index contributed by atoms with van der Waals surface area (Å²) in [6.45, 7) is 0. The van der Waals surface area contributed by atoms with Gasteiger partial charge in [0.1, 0.15) is 0 Å². The third kappa shape index (κ3) is 1.56. The molecular formula is C9H10IN. The lowest BCUT2D eigenvalue weighted by atomic mass is 10.1. The number of rotatable bonds is 1. The molecule has 1 aromatic rings. The van der Waals surface area contributed by atoms with Crippen molar-refractivity contribution in [1.29, 1.82) is 0 Å². The Morgan fingerprint density at radius 1 is 1.27 bits per heavy atom. The number of hydrogen-bond donors (Lipinski definition) is 1. The summed E-state index contributed by atoms with van der Waals surface area (Å²) in [4.78, 5) is 0. The molecular weight excluding hydrogens is 249 g/mol. The Labute approximate surface area is 80.1 Å². The van der Waals surface area contributed by atoms with Crippen LogP contribution in [-0.2, 0) is 0 Å². The zero-order valence-electron chi connectivity index (χ0n) is 6.13. The quantitative estimate of drug-likeness (QED) is 0.768. The van der Waals surface area contributed by atoms with Crippen LogP contribution in [0.25, 0.3) is 0 Å². The van der Waals surface area contributed by atoms with E-state index in [0.717, 1.165) is 0 Å². The van der Waals surface area contributed by atoms with Crippen LogP contribution in [0.5, 0.6) is 0 Å². The Morgan fingerprint density at radius 3 is 2.27 bits per heavy atom. The highest BCUT2D eigenvalue weighted by Crippen LogP contribution is 2.38. The molecule has 0 heterocycles. The number of nitrogens with two attached hydrogens (primary N) is 1. The number of hydrogen-bond acceptors (Lipinski definition) is 1. The van der Waals surface area contributed by atoms with Crippen molar-refractivity contribution < 1.29 is 0 Å². The third-order valence-corrected chi connectivity index (χ3v) is 2.86. The summed E-state index contributed by atoms with van der Waals surface area (Å²) in [5.41, 5.74) is 7.14. The van der Waals surface area contributed by atoms with E-state index in [2.05, 4.69) is 46.9 Å². The molecule has 2 rings (SSSR count). The fourth-order valence-corrected chi connectivity index (χ4v) is 1.67. The molecule has 1 aliphatic carbocycles. The van der Waals surface area contributed by atoms with Gasteiger partial charge in [-0.2, -0.15) is 0 Å². The van der Waals surface area contributed by atoms with E-state index in [9.17, 15) is 0 Å². The fourth-order valence-electron chi connectivity index (χ4n) is 1.31. The first-order chi connectivity index (χ1) is 5.27.